The predicted molar refractivity (Wildman–Crippen MR) is 66.1 cm³/mol. The minimum absolute atomic E-state index is 0.161. The maximum absolute atomic E-state index is 9.47. The summed E-state index contributed by atoms with van der Waals surface area (Å²) in [6.45, 7) is 2.18. The van der Waals surface area contributed by atoms with Gasteiger partial charge in [0.2, 0.25) is 0 Å². The Morgan fingerprint density at radius 2 is 1.81 bits per heavy atom. The summed E-state index contributed by atoms with van der Waals surface area (Å²) < 4.78 is 0. The van der Waals surface area contributed by atoms with E-state index in [9.17, 15) is 5.11 Å². The summed E-state index contributed by atoms with van der Waals surface area (Å²) >= 11 is 0. The molecule has 0 aliphatic heterocycles. The van der Waals surface area contributed by atoms with Gasteiger partial charge >= 0.3 is 0 Å². The number of hydrogen-bond donors (Lipinski definition) is 2. The van der Waals surface area contributed by atoms with Gasteiger partial charge in [-0.1, -0.05) is 43.2 Å². The molecule has 2 heteroatoms. The summed E-state index contributed by atoms with van der Waals surface area (Å²) in [5.74, 6) is 0. The van der Waals surface area contributed by atoms with Gasteiger partial charge in [-0.25, -0.2) is 0 Å². The van der Waals surface area contributed by atoms with E-state index in [0.717, 1.165) is 13.1 Å². The van der Waals surface area contributed by atoms with Crippen LogP contribution in [0.15, 0.2) is 30.3 Å². The Morgan fingerprint density at radius 3 is 2.44 bits per heavy atom. The van der Waals surface area contributed by atoms with E-state index >= 15 is 0 Å². The van der Waals surface area contributed by atoms with Gasteiger partial charge in [0.15, 0.2) is 0 Å². The maximum atomic E-state index is 9.47. The van der Waals surface area contributed by atoms with E-state index < -0.39 is 0 Å². The molecular weight excluding hydrogens is 198 g/mol. The van der Waals surface area contributed by atoms with Gasteiger partial charge in [-0.2, -0.15) is 0 Å². The second-order valence-electron chi connectivity index (χ2n) is 4.95. The molecule has 0 atom stereocenters. The highest BCUT2D eigenvalue weighted by Crippen LogP contribution is 2.36. The molecule has 1 aromatic rings. The summed E-state index contributed by atoms with van der Waals surface area (Å²) in [4.78, 5) is 0. The molecule has 2 nitrogen and oxygen atoms in total. The van der Waals surface area contributed by atoms with E-state index in [4.69, 9.17) is 0 Å². The molecule has 0 saturated heterocycles. The number of aliphatic hydroxyl groups excluding tert-OH is 1. The number of hydrogen-bond acceptors (Lipinski definition) is 2. The summed E-state index contributed by atoms with van der Waals surface area (Å²) in [6, 6.07) is 10.4. The van der Waals surface area contributed by atoms with Crippen molar-refractivity contribution in [2.24, 2.45) is 5.41 Å². The van der Waals surface area contributed by atoms with Crippen molar-refractivity contribution in [1.29, 1.82) is 0 Å². The third-order valence-corrected chi connectivity index (χ3v) is 3.67. The van der Waals surface area contributed by atoms with E-state index in [1.54, 1.807) is 0 Å². The van der Waals surface area contributed by atoms with Crippen molar-refractivity contribution in [3.8, 4) is 0 Å². The molecule has 16 heavy (non-hydrogen) atoms. The van der Waals surface area contributed by atoms with Gasteiger partial charge in [0.1, 0.15) is 0 Å². The molecular formula is C14H21NO. The highest BCUT2D eigenvalue weighted by atomic mass is 16.3. The fourth-order valence-corrected chi connectivity index (χ4v) is 2.58. The highest BCUT2D eigenvalue weighted by Gasteiger charge is 2.32. The minimum Gasteiger partial charge on any atom is -0.396 e. The van der Waals surface area contributed by atoms with Crippen molar-refractivity contribution in [2.75, 3.05) is 13.2 Å². The molecule has 88 valence electrons. The zero-order chi connectivity index (χ0) is 11.3. The lowest BCUT2D eigenvalue weighted by molar-refractivity contribution is 0.128. The average Bonchev–Trinajstić information content (AvgIpc) is 2.80. The van der Waals surface area contributed by atoms with Gasteiger partial charge in [0, 0.05) is 25.1 Å². The summed E-state index contributed by atoms with van der Waals surface area (Å²) in [5.41, 5.74) is 1.47. The van der Waals surface area contributed by atoms with Crippen LogP contribution in [0, 0.1) is 5.41 Å². The van der Waals surface area contributed by atoms with Crippen molar-refractivity contribution in [3.05, 3.63) is 35.9 Å². The molecule has 2 rings (SSSR count). The molecule has 0 aromatic heterocycles. The van der Waals surface area contributed by atoms with Gasteiger partial charge < -0.3 is 10.4 Å². The van der Waals surface area contributed by atoms with Crippen molar-refractivity contribution in [1.82, 2.24) is 5.32 Å². The maximum Gasteiger partial charge on any atom is 0.0499 e. The molecule has 0 amide bonds. The van der Waals surface area contributed by atoms with E-state index in [2.05, 4.69) is 29.6 Å². The summed E-state index contributed by atoms with van der Waals surface area (Å²) in [5, 5.41) is 12.9. The minimum atomic E-state index is 0.161. The van der Waals surface area contributed by atoms with Crippen LogP contribution in [0.5, 0.6) is 0 Å². The quantitative estimate of drug-likeness (QED) is 0.796. The Morgan fingerprint density at radius 1 is 1.12 bits per heavy atom. The second kappa shape index (κ2) is 5.46. The average molecular weight is 219 g/mol. The number of rotatable bonds is 5. The number of nitrogens with one attached hydrogen (secondary N) is 1. The van der Waals surface area contributed by atoms with Crippen molar-refractivity contribution in [3.63, 3.8) is 0 Å². The number of benzene rings is 1. The van der Waals surface area contributed by atoms with Gasteiger partial charge in [-0.15, -0.1) is 0 Å². The third kappa shape index (κ3) is 2.83. The zero-order valence-corrected chi connectivity index (χ0v) is 9.78. The Hall–Kier alpha value is -0.860. The first-order valence-electron chi connectivity index (χ1n) is 6.20. The Bertz CT molecular complexity index is 304. The highest BCUT2D eigenvalue weighted by molar-refractivity contribution is 5.14. The first kappa shape index (κ1) is 11.6. The van der Waals surface area contributed by atoms with Gasteiger partial charge in [0.05, 0.1) is 0 Å². The molecule has 0 unspecified atom stereocenters. The lowest BCUT2D eigenvalue weighted by atomic mass is 9.87. The standard InChI is InChI=1S/C14H21NO/c16-12-14(8-4-5-9-14)11-15-10-13-6-2-1-3-7-13/h1-3,6-7,15-16H,4-5,8-12H2. The monoisotopic (exact) mass is 219 g/mol. The van der Waals surface area contributed by atoms with Crippen LogP contribution in [0.4, 0.5) is 0 Å². The predicted octanol–water partition coefficient (Wildman–Crippen LogP) is 2.33. The van der Waals surface area contributed by atoms with Crippen LogP contribution in [0.2, 0.25) is 0 Å². The lowest BCUT2D eigenvalue weighted by Crippen LogP contribution is -2.34. The Balaban J connectivity index is 1.79. The Labute approximate surface area is 97.7 Å². The third-order valence-electron chi connectivity index (χ3n) is 3.67. The van der Waals surface area contributed by atoms with Crippen molar-refractivity contribution >= 4 is 0 Å². The van der Waals surface area contributed by atoms with Crippen molar-refractivity contribution < 1.29 is 5.11 Å². The molecule has 1 aliphatic carbocycles. The second-order valence-corrected chi connectivity index (χ2v) is 4.95. The van der Waals surface area contributed by atoms with Gasteiger partial charge in [-0.05, 0) is 18.4 Å². The van der Waals surface area contributed by atoms with Crippen LogP contribution in [0.1, 0.15) is 31.2 Å². The van der Waals surface area contributed by atoms with E-state index in [1.807, 2.05) is 6.07 Å². The Kier molecular flexibility index (Phi) is 3.97. The summed E-state index contributed by atoms with van der Waals surface area (Å²) in [6.07, 6.45) is 4.89. The normalized spacial score (nSPS) is 18.8. The van der Waals surface area contributed by atoms with Crippen LogP contribution in [-0.2, 0) is 6.54 Å². The first-order valence-corrected chi connectivity index (χ1v) is 6.20. The fraction of sp³-hybridized carbons (Fsp3) is 0.571. The topological polar surface area (TPSA) is 32.3 Å². The SMILES string of the molecule is OCC1(CNCc2ccccc2)CCCC1. The molecule has 1 aliphatic rings. The van der Waals surface area contributed by atoms with Crippen LogP contribution in [-0.4, -0.2) is 18.3 Å². The van der Waals surface area contributed by atoms with Crippen molar-refractivity contribution in [2.45, 2.75) is 32.2 Å². The van der Waals surface area contributed by atoms with Crippen LogP contribution in [0.25, 0.3) is 0 Å². The molecule has 1 aromatic carbocycles. The zero-order valence-electron chi connectivity index (χ0n) is 9.78. The molecule has 0 bridgehead atoms. The van der Waals surface area contributed by atoms with Crippen LogP contribution < -0.4 is 5.32 Å². The molecule has 2 N–H and O–H groups in total. The summed E-state index contributed by atoms with van der Waals surface area (Å²) in [7, 11) is 0. The van der Waals surface area contributed by atoms with Gasteiger partial charge in [0.25, 0.3) is 0 Å². The smallest absolute Gasteiger partial charge is 0.0499 e. The fourth-order valence-electron chi connectivity index (χ4n) is 2.58. The number of aliphatic hydroxyl groups is 1. The largest absolute Gasteiger partial charge is 0.396 e. The van der Waals surface area contributed by atoms with E-state index in [0.29, 0.717) is 6.61 Å². The van der Waals surface area contributed by atoms with Crippen LogP contribution >= 0.6 is 0 Å². The molecule has 0 heterocycles. The first-order chi connectivity index (χ1) is 7.85. The molecule has 0 radical (unpaired) electrons. The molecule has 1 saturated carbocycles. The van der Waals surface area contributed by atoms with Crippen LogP contribution in [0.3, 0.4) is 0 Å². The van der Waals surface area contributed by atoms with E-state index in [-0.39, 0.29) is 5.41 Å². The lowest BCUT2D eigenvalue weighted by Gasteiger charge is -2.26. The molecule has 0 spiro atoms. The van der Waals surface area contributed by atoms with E-state index in [1.165, 1.54) is 31.2 Å². The molecule has 1 fully saturated rings. The van der Waals surface area contributed by atoms with Gasteiger partial charge in [-0.3, -0.25) is 0 Å².